The van der Waals surface area contributed by atoms with E-state index in [1.54, 1.807) is 12.1 Å². The molecule has 0 bridgehead atoms. The monoisotopic (exact) mass is 549 g/mol. The van der Waals surface area contributed by atoms with Crippen LogP contribution in [0, 0.1) is 5.92 Å². The van der Waals surface area contributed by atoms with Crippen molar-refractivity contribution in [2.24, 2.45) is 5.92 Å². The van der Waals surface area contributed by atoms with E-state index < -0.39 is 5.54 Å². The van der Waals surface area contributed by atoms with Gasteiger partial charge in [0.25, 0.3) is 5.91 Å². The van der Waals surface area contributed by atoms with Crippen LogP contribution in [-0.2, 0) is 16.1 Å². The van der Waals surface area contributed by atoms with Gasteiger partial charge in [-0.25, -0.2) is 4.79 Å². The first-order valence-corrected chi connectivity index (χ1v) is 14.1. The molecule has 4 fully saturated rings. The lowest BCUT2D eigenvalue weighted by molar-refractivity contribution is -0.133. The molecule has 4 saturated heterocycles. The zero-order valence-electron chi connectivity index (χ0n) is 23.6. The minimum Gasteiger partial charge on any atom is -0.504 e. The number of imide groups is 1. The molecule has 0 aromatic heterocycles. The Hall–Kier alpha value is -3.34. The topological polar surface area (TPSA) is 89.0 Å². The maximum atomic E-state index is 14.3. The number of aromatic hydroxyl groups is 1. The first-order valence-electron chi connectivity index (χ1n) is 14.1. The molecule has 214 valence electrons. The van der Waals surface area contributed by atoms with E-state index in [0.29, 0.717) is 51.7 Å². The first-order chi connectivity index (χ1) is 19.3. The van der Waals surface area contributed by atoms with Gasteiger partial charge in [-0.3, -0.25) is 19.5 Å². The van der Waals surface area contributed by atoms with Crippen molar-refractivity contribution in [3.63, 3.8) is 0 Å². The number of carbonyl (C=O) groups excluding carboxylic acids is 2. The van der Waals surface area contributed by atoms with Gasteiger partial charge in [-0.1, -0.05) is 18.2 Å². The van der Waals surface area contributed by atoms with Crippen molar-refractivity contribution < 1.29 is 24.2 Å². The maximum absolute atomic E-state index is 14.3. The van der Waals surface area contributed by atoms with E-state index in [1.807, 2.05) is 25.1 Å². The predicted octanol–water partition coefficient (Wildman–Crippen LogP) is 2.38. The number of phenolic OH excluding ortho intramolecular Hbond substituents is 1. The molecule has 4 aliphatic rings. The number of amides is 3. The van der Waals surface area contributed by atoms with E-state index in [0.717, 1.165) is 36.3 Å². The van der Waals surface area contributed by atoms with Crippen LogP contribution in [0.4, 0.5) is 10.5 Å². The third kappa shape index (κ3) is 4.48. The molecule has 2 aromatic rings. The van der Waals surface area contributed by atoms with Crippen molar-refractivity contribution in [1.82, 2.24) is 19.6 Å². The Kier molecular flexibility index (Phi) is 7.10. The summed E-state index contributed by atoms with van der Waals surface area (Å²) < 4.78 is 10.7. The van der Waals surface area contributed by atoms with Gasteiger partial charge in [0.05, 0.1) is 26.4 Å². The number of hydrogen-bond donors (Lipinski definition) is 1. The fraction of sp³-hybridized carbons (Fsp3) is 0.533. The largest absolute Gasteiger partial charge is 0.504 e. The number of hydrogen-bond acceptors (Lipinski definition) is 8. The van der Waals surface area contributed by atoms with E-state index in [2.05, 4.69) is 39.0 Å². The van der Waals surface area contributed by atoms with Gasteiger partial charge in [0, 0.05) is 71.5 Å². The Balaban J connectivity index is 1.27. The number of urea groups is 1. The van der Waals surface area contributed by atoms with E-state index in [1.165, 1.54) is 12.0 Å². The molecule has 0 radical (unpaired) electrons. The summed E-state index contributed by atoms with van der Waals surface area (Å²) in [6.45, 7) is 5.83. The number of anilines is 1. The lowest BCUT2D eigenvalue weighted by Gasteiger charge is -2.32. The molecule has 10 nitrogen and oxygen atoms in total. The van der Waals surface area contributed by atoms with Crippen molar-refractivity contribution in [3.05, 3.63) is 53.6 Å². The second-order valence-corrected chi connectivity index (χ2v) is 11.6. The molecule has 40 heavy (non-hydrogen) atoms. The Morgan fingerprint density at radius 3 is 2.48 bits per heavy atom. The number of methoxy groups -OCH3 is 1. The predicted molar refractivity (Wildman–Crippen MR) is 150 cm³/mol. The van der Waals surface area contributed by atoms with Gasteiger partial charge >= 0.3 is 6.03 Å². The van der Waals surface area contributed by atoms with Crippen molar-refractivity contribution in [3.8, 4) is 11.5 Å². The van der Waals surface area contributed by atoms with E-state index in [4.69, 9.17) is 9.47 Å². The van der Waals surface area contributed by atoms with Gasteiger partial charge in [0.1, 0.15) is 5.54 Å². The second-order valence-electron chi connectivity index (χ2n) is 11.6. The number of benzene rings is 2. The average Bonchev–Trinajstić information content (AvgIpc) is 3.53. The van der Waals surface area contributed by atoms with Crippen LogP contribution in [0.15, 0.2) is 42.5 Å². The highest BCUT2D eigenvalue weighted by molar-refractivity contribution is 6.08. The van der Waals surface area contributed by atoms with Crippen LogP contribution in [0.1, 0.15) is 23.6 Å². The fourth-order valence-electron chi connectivity index (χ4n) is 7.05. The molecule has 3 atom stereocenters. The van der Waals surface area contributed by atoms with Crippen LogP contribution in [0.2, 0.25) is 0 Å². The number of nitrogens with zero attached hydrogens (tertiary/aromatic N) is 5. The van der Waals surface area contributed by atoms with E-state index in [9.17, 15) is 14.7 Å². The summed E-state index contributed by atoms with van der Waals surface area (Å²) >= 11 is 0. The molecule has 1 spiro atoms. The Bertz CT molecular complexity index is 1260. The minimum atomic E-state index is -0.874. The molecule has 0 unspecified atom stereocenters. The minimum absolute atomic E-state index is 0.0303. The third-order valence-electron chi connectivity index (χ3n) is 9.11. The number of ether oxygens (including phenoxy) is 2. The van der Waals surface area contributed by atoms with Gasteiger partial charge < -0.3 is 24.4 Å². The van der Waals surface area contributed by atoms with Crippen molar-refractivity contribution in [2.45, 2.75) is 24.5 Å². The van der Waals surface area contributed by atoms with E-state index in [-0.39, 0.29) is 29.6 Å². The Labute approximate surface area is 235 Å². The lowest BCUT2D eigenvalue weighted by atomic mass is 9.87. The SMILES string of the molecule is COc1ccc(CN2C[C@H]3C[C@H](c4ccc(N(C)C)cc4)N4C(=O)N(CCN5CCOCC5)C(=O)[C@]34C2)cc1O. The summed E-state index contributed by atoms with van der Waals surface area (Å²) in [6, 6.07) is 13.5. The second kappa shape index (κ2) is 10.6. The summed E-state index contributed by atoms with van der Waals surface area (Å²) in [5.41, 5.74) is 2.24. The third-order valence-corrected chi connectivity index (χ3v) is 9.11. The average molecular weight is 550 g/mol. The smallest absolute Gasteiger partial charge is 0.328 e. The Morgan fingerprint density at radius 1 is 1.05 bits per heavy atom. The molecule has 0 aliphatic carbocycles. The van der Waals surface area contributed by atoms with Crippen molar-refractivity contribution >= 4 is 17.6 Å². The molecule has 1 N–H and O–H groups in total. The van der Waals surface area contributed by atoms with Gasteiger partial charge in [-0.2, -0.15) is 0 Å². The summed E-state index contributed by atoms with van der Waals surface area (Å²) in [7, 11) is 5.55. The molecule has 6 rings (SSSR count). The van der Waals surface area contributed by atoms with Gasteiger partial charge in [-0.05, 0) is 41.8 Å². The number of rotatable bonds is 8. The van der Waals surface area contributed by atoms with Crippen LogP contribution in [0.3, 0.4) is 0 Å². The zero-order valence-corrected chi connectivity index (χ0v) is 23.6. The number of morpholine rings is 1. The molecule has 10 heteroatoms. The lowest BCUT2D eigenvalue weighted by Crippen LogP contribution is -2.51. The molecule has 4 heterocycles. The molecule has 0 saturated carbocycles. The maximum Gasteiger partial charge on any atom is 0.328 e. The fourth-order valence-corrected chi connectivity index (χ4v) is 7.05. The highest BCUT2D eigenvalue weighted by Gasteiger charge is 2.70. The first kappa shape index (κ1) is 26.9. The molecule has 3 amide bonds. The normalized spacial score (nSPS) is 26.9. The highest BCUT2D eigenvalue weighted by atomic mass is 16.5. The molecular weight excluding hydrogens is 510 g/mol. The Morgan fingerprint density at radius 2 is 1.80 bits per heavy atom. The molecular formula is C30H39N5O5. The van der Waals surface area contributed by atoms with Gasteiger partial charge in [0.15, 0.2) is 11.5 Å². The van der Waals surface area contributed by atoms with Gasteiger partial charge in [0.2, 0.25) is 0 Å². The number of phenols is 1. The number of likely N-dealkylation sites (tertiary alicyclic amines) is 1. The van der Waals surface area contributed by atoms with Crippen LogP contribution in [0.25, 0.3) is 0 Å². The van der Waals surface area contributed by atoms with Crippen LogP contribution >= 0.6 is 0 Å². The summed E-state index contributed by atoms with van der Waals surface area (Å²) in [5.74, 6) is 0.496. The number of carbonyl (C=O) groups is 2. The van der Waals surface area contributed by atoms with Crippen molar-refractivity contribution in [1.29, 1.82) is 0 Å². The highest BCUT2D eigenvalue weighted by Crippen LogP contribution is 2.55. The summed E-state index contributed by atoms with van der Waals surface area (Å²) in [6.07, 6.45) is 0.750. The van der Waals surface area contributed by atoms with Crippen LogP contribution in [-0.4, -0.2) is 116 Å². The summed E-state index contributed by atoms with van der Waals surface area (Å²) in [5, 5.41) is 10.3. The summed E-state index contributed by atoms with van der Waals surface area (Å²) in [4.78, 5) is 38.3. The quantitative estimate of drug-likeness (QED) is 0.503. The molecule has 2 aromatic carbocycles. The van der Waals surface area contributed by atoms with E-state index >= 15 is 0 Å². The molecule has 4 aliphatic heterocycles. The van der Waals surface area contributed by atoms with Crippen LogP contribution in [0.5, 0.6) is 11.5 Å². The van der Waals surface area contributed by atoms with Gasteiger partial charge in [-0.15, -0.1) is 0 Å². The van der Waals surface area contributed by atoms with Crippen LogP contribution < -0.4 is 9.64 Å². The standard InChI is InChI=1S/C30H39N5O5/c1-31(2)24-7-5-22(6-8-24)25-17-23-19-33(18-21-4-9-27(39-3)26(36)16-21)20-30(23)28(37)34(29(38)35(25)30)11-10-32-12-14-40-15-13-32/h4-9,16,23,25,36H,10-15,17-20H2,1-3H3/t23-,25-,30+/m1/s1. The van der Waals surface area contributed by atoms with Crippen molar-refractivity contribution in [2.75, 3.05) is 78.6 Å². The zero-order chi connectivity index (χ0) is 28.0.